The lowest BCUT2D eigenvalue weighted by Gasteiger charge is -2.23. The molecule has 1 aromatic carbocycles. The van der Waals surface area contributed by atoms with Crippen molar-refractivity contribution in [3.05, 3.63) is 48.0 Å². The van der Waals surface area contributed by atoms with Crippen LogP contribution >= 0.6 is 0 Å². The van der Waals surface area contributed by atoms with Crippen LogP contribution in [0.2, 0.25) is 0 Å². The first kappa shape index (κ1) is 16.1. The van der Waals surface area contributed by atoms with E-state index >= 15 is 0 Å². The monoisotopic (exact) mass is 299 g/mol. The summed E-state index contributed by atoms with van der Waals surface area (Å²) >= 11 is 0. The predicted octanol–water partition coefficient (Wildman–Crippen LogP) is 2.92. The highest BCUT2D eigenvalue weighted by molar-refractivity contribution is 5.69. The van der Waals surface area contributed by atoms with E-state index in [1.807, 2.05) is 12.1 Å². The van der Waals surface area contributed by atoms with Gasteiger partial charge in [0.25, 0.3) is 0 Å². The minimum Gasteiger partial charge on any atom is -0.481 e. The zero-order valence-electron chi connectivity index (χ0n) is 13.1. The first-order chi connectivity index (χ1) is 10.3. The minimum absolute atomic E-state index is 0.0661. The number of carbonyl (C=O) groups is 1. The van der Waals surface area contributed by atoms with Crippen molar-refractivity contribution in [2.75, 3.05) is 0 Å². The summed E-state index contributed by atoms with van der Waals surface area (Å²) in [5, 5.41) is 8.96. The van der Waals surface area contributed by atoms with Gasteiger partial charge in [0, 0.05) is 24.0 Å². The molecule has 0 amide bonds. The lowest BCUT2D eigenvalue weighted by atomic mass is 9.83. The maximum Gasteiger partial charge on any atom is 0.305 e. The van der Waals surface area contributed by atoms with Crippen molar-refractivity contribution in [3.8, 4) is 11.1 Å². The van der Waals surface area contributed by atoms with Crippen molar-refractivity contribution in [1.29, 1.82) is 0 Å². The quantitative estimate of drug-likeness (QED) is 0.906. The average Bonchev–Trinajstić information content (AvgIpc) is 2.46. The molecule has 1 heterocycles. The SMILES string of the molecule is CC(C)(C)c1cc(-c2cncnc2)cc(C(N)CC(=O)O)c1. The van der Waals surface area contributed by atoms with Gasteiger partial charge in [0.2, 0.25) is 0 Å². The fourth-order valence-corrected chi connectivity index (χ4v) is 2.22. The summed E-state index contributed by atoms with van der Waals surface area (Å²) in [6, 6.07) is 5.45. The summed E-state index contributed by atoms with van der Waals surface area (Å²) < 4.78 is 0. The van der Waals surface area contributed by atoms with Crippen molar-refractivity contribution in [2.24, 2.45) is 5.73 Å². The molecule has 0 aliphatic rings. The smallest absolute Gasteiger partial charge is 0.305 e. The Morgan fingerprint density at radius 1 is 1.18 bits per heavy atom. The van der Waals surface area contributed by atoms with Gasteiger partial charge in [0.1, 0.15) is 6.33 Å². The van der Waals surface area contributed by atoms with Crippen LogP contribution in [-0.2, 0) is 10.2 Å². The van der Waals surface area contributed by atoms with Crippen LogP contribution in [0.15, 0.2) is 36.9 Å². The number of aromatic nitrogens is 2. The van der Waals surface area contributed by atoms with Crippen molar-refractivity contribution in [3.63, 3.8) is 0 Å². The van der Waals surface area contributed by atoms with Gasteiger partial charge >= 0.3 is 5.97 Å². The van der Waals surface area contributed by atoms with Gasteiger partial charge in [-0.05, 0) is 28.2 Å². The number of nitrogens with two attached hydrogens (primary N) is 1. The average molecular weight is 299 g/mol. The van der Waals surface area contributed by atoms with E-state index in [4.69, 9.17) is 10.8 Å². The highest BCUT2D eigenvalue weighted by Crippen LogP contribution is 2.31. The van der Waals surface area contributed by atoms with Crippen molar-refractivity contribution in [2.45, 2.75) is 38.6 Å². The van der Waals surface area contributed by atoms with Gasteiger partial charge in [0.15, 0.2) is 0 Å². The van der Waals surface area contributed by atoms with Gasteiger partial charge in [-0.25, -0.2) is 9.97 Å². The van der Waals surface area contributed by atoms with Gasteiger partial charge in [-0.3, -0.25) is 4.79 Å². The fraction of sp³-hybridized carbons (Fsp3) is 0.353. The summed E-state index contributed by atoms with van der Waals surface area (Å²) in [4.78, 5) is 19.0. The molecule has 116 valence electrons. The molecule has 22 heavy (non-hydrogen) atoms. The fourth-order valence-electron chi connectivity index (χ4n) is 2.22. The van der Waals surface area contributed by atoms with E-state index in [-0.39, 0.29) is 11.8 Å². The summed E-state index contributed by atoms with van der Waals surface area (Å²) in [7, 11) is 0. The van der Waals surface area contributed by atoms with Gasteiger partial charge in [-0.2, -0.15) is 0 Å². The Hall–Kier alpha value is -2.27. The molecule has 2 rings (SSSR count). The van der Waals surface area contributed by atoms with E-state index < -0.39 is 12.0 Å². The van der Waals surface area contributed by atoms with E-state index in [1.54, 1.807) is 12.4 Å². The second-order valence-corrected chi connectivity index (χ2v) is 6.43. The topological polar surface area (TPSA) is 89.1 Å². The maximum absolute atomic E-state index is 10.9. The Labute approximate surface area is 130 Å². The standard InChI is InChI=1S/C17H21N3O2/c1-17(2,3)14-5-11(13-8-19-10-20-9-13)4-12(6-14)15(18)7-16(21)22/h4-6,8-10,15H,7,18H2,1-3H3,(H,21,22). The number of benzene rings is 1. The van der Waals surface area contributed by atoms with Gasteiger partial charge in [-0.15, -0.1) is 0 Å². The highest BCUT2D eigenvalue weighted by atomic mass is 16.4. The number of carboxylic acid groups (broad SMARTS) is 1. The van der Waals surface area contributed by atoms with Crippen molar-refractivity contribution < 1.29 is 9.90 Å². The number of hydrogen-bond donors (Lipinski definition) is 2. The van der Waals surface area contributed by atoms with Crippen LogP contribution in [-0.4, -0.2) is 21.0 Å². The molecule has 2 aromatic rings. The number of aliphatic carboxylic acids is 1. The Kier molecular flexibility index (Phi) is 4.56. The van der Waals surface area contributed by atoms with E-state index in [9.17, 15) is 4.79 Å². The summed E-state index contributed by atoms with van der Waals surface area (Å²) in [6.07, 6.45) is 4.86. The van der Waals surface area contributed by atoms with E-state index in [0.717, 1.165) is 22.3 Å². The molecule has 0 bridgehead atoms. The van der Waals surface area contributed by atoms with Crippen LogP contribution in [0.4, 0.5) is 0 Å². The molecule has 1 aromatic heterocycles. The molecule has 5 nitrogen and oxygen atoms in total. The van der Waals surface area contributed by atoms with Gasteiger partial charge < -0.3 is 10.8 Å². The van der Waals surface area contributed by atoms with Crippen LogP contribution in [0.25, 0.3) is 11.1 Å². The minimum atomic E-state index is -0.904. The van der Waals surface area contributed by atoms with Crippen molar-refractivity contribution >= 4 is 5.97 Å². The Balaban J connectivity index is 2.53. The molecule has 1 atom stereocenters. The number of nitrogens with zero attached hydrogens (tertiary/aromatic N) is 2. The second-order valence-electron chi connectivity index (χ2n) is 6.43. The predicted molar refractivity (Wildman–Crippen MR) is 85.3 cm³/mol. The Morgan fingerprint density at radius 2 is 1.82 bits per heavy atom. The third kappa shape index (κ3) is 3.89. The Bertz CT molecular complexity index is 663. The molecule has 0 aliphatic carbocycles. The Morgan fingerprint density at radius 3 is 2.36 bits per heavy atom. The van der Waals surface area contributed by atoms with E-state index in [1.165, 1.54) is 6.33 Å². The van der Waals surface area contributed by atoms with Crippen LogP contribution in [0.3, 0.4) is 0 Å². The highest BCUT2D eigenvalue weighted by Gasteiger charge is 2.19. The number of hydrogen-bond acceptors (Lipinski definition) is 4. The maximum atomic E-state index is 10.9. The van der Waals surface area contributed by atoms with E-state index in [0.29, 0.717) is 0 Å². The largest absolute Gasteiger partial charge is 0.481 e. The van der Waals surface area contributed by atoms with Gasteiger partial charge in [-0.1, -0.05) is 32.9 Å². The van der Waals surface area contributed by atoms with Crippen LogP contribution in [0.1, 0.15) is 44.4 Å². The third-order valence-electron chi connectivity index (χ3n) is 3.54. The number of rotatable bonds is 4. The van der Waals surface area contributed by atoms with Crippen molar-refractivity contribution in [1.82, 2.24) is 9.97 Å². The van der Waals surface area contributed by atoms with Gasteiger partial charge in [0.05, 0.1) is 6.42 Å². The molecule has 5 heteroatoms. The number of carboxylic acids is 1. The van der Waals surface area contributed by atoms with Crippen LogP contribution in [0, 0.1) is 0 Å². The molecular weight excluding hydrogens is 278 g/mol. The summed E-state index contributed by atoms with van der Waals surface area (Å²) in [5.41, 5.74) is 9.73. The first-order valence-electron chi connectivity index (χ1n) is 7.15. The summed E-state index contributed by atoms with van der Waals surface area (Å²) in [5.74, 6) is -0.904. The molecule has 0 saturated heterocycles. The summed E-state index contributed by atoms with van der Waals surface area (Å²) in [6.45, 7) is 6.33. The van der Waals surface area contributed by atoms with Crippen LogP contribution < -0.4 is 5.73 Å². The first-order valence-corrected chi connectivity index (χ1v) is 7.15. The zero-order chi connectivity index (χ0) is 16.3. The van der Waals surface area contributed by atoms with Crippen LogP contribution in [0.5, 0.6) is 0 Å². The molecular formula is C17H21N3O2. The third-order valence-corrected chi connectivity index (χ3v) is 3.54. The van der Waals surface area contributed by atoms with E-state index in [2.05, 4.69) is 36.8 Å². The lowest BCUT2D eigenvalue weighted by Crippen LogP contribution is -2.17. The normalized spacial score (nSPS) is 12.9. The molecule has 0 fully saturated rings. The second kappa shape index (κ2) is 6.23. The molecule has 0 saturated carbocycles. The molecule has 0 radical (unpaired) electrons. The molecule has 1 unspecified atom stereocenters. The lowest BCUT2D eigenvalue weighted by molar-refractivity contribution is -0.137. The molecule has 0 aliphatic heterocycles. The molecule has 3 N–H and O–H groups in total. The molecule has 0 spiro atoms. The zero-order valence-corrected chi connectivity index (χ0v) is 13.1.